The van der Waals surface area contributed by atoms with Crippen LogP contribution in [0.15, 0.2) is 0 Å². The van der Waals surface area contributed by atoms with E-state index in [-0.39, 0.29) is 19.1 Å². The number of amides is 1. The number of carbonyl (C=O) groups is 1. The highest BCUT2D eigenvalue weighted by molar-refractivity contribution is 5.82. The van der Waals surface area contributed by atoms with Crippen molar-refractivity contribution in [3.05, 3.63) is 0 Å². The highest BCUT2D eigenvalue weighted by atomic mass is 16.5. The van der Waals surface area contributed by atoms with Gasteiger partial charge < -0.3 is 25.6 Å². The van der Waals surface area contributed by atoms with E-state index in [1.807, 2.05) is 0 Å². The standard InChI is InChI=1S/C10H20N2O4/c1-2-10(6-13,7-14)12-9(15)8-5-11-3-4-16-8/h8,11,13-14H,2-7H2,1H3,(H,12,15). The molecule has 1 heterocycles. The molecule has 6 heteroatoms. The smallest absolute Gasteiger partial charge is 0.251 e. The third-order valence-electron chi connectivity index (χ3n) is 2.89. The molecule has 1 rings (SSSR count). The summed E-state index contributed by atoms with van der Waals surface area (Å²) in [6, 6.07) is 0. The van der Waals surface area contributed by atoms with Gasteiger partial charge in [0, 0.05) is 13.1 Å². The molecule has 0 bridgehead atoms. The lowest BCUT2D eigenvalue weighted by atomic mass is 9.98. The first-order valence-electron chi connectivity index (χ1n) is 5.53. The van der Waals surface area contributed by atoms with Crippen molar-refractivity contribution in [2.45, 2.75) is 25.0 Å². The summed E-state index contributed by atoms with van der Waals surface area (Å²) in [4.78, 5) is 11.8. The van der Waals surface area contributed by atoms with Crippen LogP contribution >= 0.6 is 0 Å². The minimum absolute atomic E-state index is 0.286. The van der Waals surface area contributed by atoms with Crippen LogP contribution in [0.25, 0.3) is 0 Å². The number of aliphatic hydroxyl groups is 2. The molecule has 0 aromatic rings. The zero-order valence-corrected chi connectivity index (χ0v) is 9.53. The molecule has 0 aromatic heterocycles. The lowest BCUT2D eigenvalue weighted by Crippen LogP contribution is -2.59. The van der Waals surface area contributed by atoms with E-state index >= 15 is 0 Å². The van der Waals surface area contributed by atoms with Crippen molar-refractivity contribution in [2.75, 3.05) is 32.9 Å². The maximum Gasteiger partial charge on any atom is 0.251 e. The third kappa shape index (κ3) is 3.15. The van der Waals surface area contributed by atoms with Crippen LogP contribution in [0.5, 0.6) is 0 Å². The van der Waals surface area contributed by atoms with Crippen LogP contribution in [0.1, 0.15) is 13.3 Å². The average Bonchev–Trinajstić information content (AvgIpc) is 2.37. The van der Waals surface area contributed by atoms with Gasteiger partial charge in [0.25, 0.3) is 5.91 Å². The van der Waals surface area contributed by atoms with Gasteiger partial charge >= 0.3 is 0 Å². The van der Waals surface area contributed by atoms with Crippen molar-refractivity contribution in [1.29, 1.82) is 0 Å². The average molecular weight is 232 g/mol. The lowest BCUT2D eigenvalue weighted by molar-refractivity contribution is -0.137. The summed E-state index contributed by atoms with van der Waals surface area (Å²) in [7, 11) is 0. The van der Waals surface area contributed by atoms with E-state index < -0.39 is 11.6 Å². The Labute approximate surface area is 95.0 Å². The van der Waals surface area contributed by atoms with Crippen LogP contribution < -0.4 is 10.6 Å². The molecular formula is C10H20N2O4. The Kier molecular flexibility index (Phi) is 5.14. The monoisotopic (exact) mass is 232 g/mol. The highest BCUT2D eigenvalue weighted by Crippen LogP contribution is 2.09. The molecule has 1 fully saturated rings. The van der Waals surface area contributed by atoms with Crippen LogP contribution in [0, 0.1) is 0 Å². The summed E-state index contributed by atoms with van der Waals surface area (Å²) in [5.74, 6) is -0.294. The minimum Gasteiger partial charge on any atom is -0.394 e. The molecular weight excluding hydrogens is 212 g/mol. The van der Waals surface area contributed by atoms with Gasteiger partial charge in [0.05, 0.1) is 25.4 Å². The van der Waals surface area contributed by atoms with E-state index in [9.17, 15) is 15.0 Å². The number of morpholine rings is 1. The lowest BCUT2D eigenvalue weighted by Gasteiger charge is -2.32. The number of carbonyl (C=O) groups excluding carboxylic acids is 1. The van der Waals surface area contributed by atoms with Crippen LogP contribution in [-0.2, 0) is 9.53 Å². The van der Waals surface area contributed by atoms with Gasteiger partial charge in [0.1, 0.15) is 6.10 Å². The second-order valence-corrected chi connectivity index (χ2v) is 4.00. The van der Waals surface area contributed by atoms with Gasteiger partial charge in [-0.2, -0.15) is 0 Å². The normalized spacial score (nSPS) is 21.8. The fourth-order valence-electron chi connectivity index (χ4n) is 1.52. The fraction of sp³-hybridized carbons (Fsp3) is 0.900. The number of ether oxygens (including phenoxy) is 1. The highest BCUT2D eigenvalue weighted by Gasteiger charge is 2.32. The largest absolute Gasteiger partial charge is 0.394 e. The van der Waals surface area contributed by atoms with E-state index in [0.29, 0.717) is 19.6 Å². The molecule has 0 aromatic carbocycles. The number of aliphatic hydroxyl groups excluding tert-OH is 2. The molecule has 0 saturated carbocycles. The van der Waals surface area contributed by atoms with E-state index in [0.717, 1.165) is 6.54 Å². The SMILES string of the molecule is CCC(CO)(CO)NC(=O)C1CNCCO1. The molecule has 16 heavy (non-hydrogen) atoms. The molecule has 1 atom stereocenters. The van der Waals surface area contributed by atoms with Gasteiger partial charge in [-0.15, -0.1) is 0 Å². The maximum atomic E-state index is 11.8. The van der Waals surface area contributed by atoms with Crippen LogP contribution in [0.4, 0.5) is 0 Å². The van der Waals surface area contributed by atoms with E-state index in [4.69, 9.17) is 4.74 Å². The summed E-state index contributed by atoms with van der Waals surface area (Å²) >= 11 is 0. The van der Waals surface area contributed by atoms with Gasteiger partial charge in [-0.05, 0) is 6.42 Å². The van der Waals surface area contributed by atoms with Gasteiger partial charge in [0.2, 0.25) is 0 Å². The van der Waals surface area contributed by atoms with Crippen LogP contribution in [-0.4, -0.2) is 60.7 Å². The van der Waals surface area contributed by atoms with Crippen molar-refractivity contribution in [1.82, 2.24) is 10.6 Å². The Hall–Kier alpha value is -0.690. The van der Waals surface area contributed by atoms with Crippen molar-refractivity contribution in [3.8, 4) is 0 Å². The van der Waals surface area contributed by atoms with Crippen LogP contribution in [0.2, 0.25) is 0 Å². The first kappa shape index (κ1) is 13.4. The van der Waals surface area contributed by atoms with Crippen molar-refractivity contribution in [2.24, 2.45) is 0 Å². The molecule has 6 nitrogen and oxygen atoms in total. The summed E-state index contributed by atoms with van der Waals surface area (Å²) in [5.41, 5.74) is -0.947. The number of hydrogen-bond donors (Lipinski definition) is 4. The van der Waals surface area contributed by atoms with Crippen molar-refractivity contribution < 1.29 is 19.7 Å². The minimum atomic E-state index is -0.947. The second kappa shape index (κ2) is 6.15. The van der Waals surface area contributed by atoms with E-state index in [2.05, 4.69) is 10.6 Å². The van der Waals surface area contributed by atoms with Gasteiger partial charge in [-0.25, -0.2) is 0 Å². The first-order valence-corrected chi connectivity index (χ1v) is 5.53. The molecule has 1 aliphatic heterocycles. The summed E-state index contributed by atoms with van der Waals surface area (Å²) in [6.07, 6.45) is -0.0796. The summed E-state index contributed by atoms with van der Waals surface area (Å²) in [6.45, 7) is 2.92. The molecule has 1 amide bonds. The molecule has 4 N–H and O–H groups in total. The molecule has 94 valence electrons. The molecule has 1 saturated heterocycles. The summed E-state index contributed by atoms with van der Waals surface area (Å²) < 4.78 is 5.28. The molecule has 1 aliphatic rings. The fourth-order valence-corrected chi connectivity index (χ4v) is 1.52. The zero-order valence-electron chi connectivity index (χ0n) is 9.53. The van der Waals surface area contributed by atoms with Gasteiger partial charge in [0.15, 0.2) is 0 Å². The first-order chi connectivity index (χ1) is 7.67. The van der Waals surface area contributed by atoms with Crippen molar-refractivity contribution in [3.63, 3.8) is 0 Å². The second-order valence-electron chi connectivity index (χ2n) is 4.00. The Morgan fingerprint density at radius 3 is 2.69 bits per heavy atom. The Bertz CT molecular complexity index is 217. The maximum absolute atomic E-state index is 11.8. The van der Waals surface area contributed by atoms with Gasteiger partial charge in [-0.3, -0.25) is 4.79 Å². The predicted molar refractivity (Wildman–Crippen MR) is 57.9 cm³/mol. The molecule has 0 aliphatic carbocycles. The van der Waals surface area contributed by atoms with Gasteiger partial charge in [-0.1, -0.05) is 6.92 Å². The predicted octanol–water partition coefficient (Wildman–Crippen LogP) is -1.78. The molecule has 1 unspecified atom stereocenters. The Morgan fingerprint density at radius 2 is 2.25 bits per heavy atom. The number of nitrogens with one attached hydrogen (secondary N) is 2. The molecule has 0 radical (unpaired) electrons. The van der Waals surface area contributed by atoms with E-state index in [1.54, 1.807) is 6.92 Å². The quantitative estimate of drug-likeness (QED) is 0.450. The number of hydrogen-bond acceptors (Lipinski definition) is 5. The van der Waals surface area contributed by atoms with Crippen molar-refractivity contribution >= 4 is 5.91 Å². The summed E-state index contributed by atoms with van der Waals surface area (Å²) in [5, 5.41) is 24.1. The third-order valence-corrected chi connectivity index (χ3v) is 2.89. The molecule has 0 spiro atoms. The zero-order chi connectivity index (χ0) is 12.0. The Balaban J connectivity index is 2.53. The topological polar surface area (TPSA) is 90.8 Å². The van der Waals surface area contributed by atoms with Crippen LogP contribution in [0.3, 0.4) is 0 Å². The number of rotatable bonds is 5. The van der Waals surface area contributed by atoms with E-state index in [1.165, 1.54) is 0 Å². The Morgan fingerprint density at radius 1 is 1.56 bits per heavy atom.